The molecule has 2 fully saturated rings. The number of hydrogen-bond donors (Lipinski definition) is 1. The molecule has 11 heteroatoms. The number of rotatable bonds is 6. The largest absolute Gasteiger partial charge is 0.472 e. The zero-order valence-corrected chi connectivity index (χ0v) is 17.6. The van der Waals surface area contributed by atoms with Crippen LogP contribution >= 0.6 is 11.3 Å². The van der Waals surface area contributed by atoms with Crippen LogP contribution in [0.25, 0.3) is 10.2 Å². The molecule has 1 N–H and O–H groups in total. The summed E-state index contributed by atoms with van der Waals surface area (Å²) in [6.07, 6.45) is -1.91. The lowest BCUT2D eigenvalue weighted by Crippen LogP contribution is -2.31. The van der Waals surface area contributed by atoms with E-state index in [0.29, 0.717) is 25.5 Å². The number of thiophene rings is 1. The van der Waals surface area contributed by atoms with Crippen LogP contribution in [0.2, 0.25) is 0 Å². The highest BCUT2D eigenvalue weighted by Gasteiger charge is 2.36. The van der Waals surface area contributed by atoms with Crippen LogP contribution in [-0.4, -0.2) is 54.7 Å². The van der Waals surface area contributed by atoms with Crippen molar-refractivity contribution in [3.05, 3.63) is 22.6 Å². The molecule has 3 heterocycles. The van der Waals surface area contributed by atoms with E-state index in [-0.39, 0.29) is 28.2 Å². The van der Waals surface area contributed by atoms with Crippen molar-refractivity contribution >= 4 is 33.6 Å². The lowest BCUT2D eigenvalue weighted by atomic mass is 10.2. The van der Waals surface area contributed by atoms with E-state index in [1.807, 2.05) is 0 Å². The number of carbonyl (C=O) groups excluding carboxylic acids is 2. The van der Waals surface area contributed by atoms with E-state index in [4.69, 9.17) is 9.47 Å². The predicted octanol–water partition coefficient (Wildman–Crippen LogP) is 4.06. The lowest BCUT2D eigenvalue weighted by molar-refractivity contribution is -0.136. The number of nitrogens with zero attached hydrogens (tertiary/aromatic N) is 2. The quantitative estimate of drug-likeness (QED) is 0.708. The number of pyridine rings is 1. The fourth-order valence-corrected chi connectivity index (χ4v) is 4.55. The Morgan fingerprint density at radius 2 is 2.10 bits per heavy atom. The molecule has 31 heavy (non-hydrogen) atoms. The van der Waals surface area contributed by atoms with Crippen molar-refractivity contribution in [1.29, 1.82) is 0 Å². The van der Waals surface area contributed by atoms with Gasteiger partial charge in [0.2, 0.25) is 5.88 Å². The second-order valence-electron chi connectivity index (χ2n) is 7.73. The molecule has 2 aromatic rings. The minimum atomic E-state index is -4.63. The number of alkyl halides is 3. The standard InChI is InChI=1S/C20H22F3N3O4S/c1-24-18(27)13-10-31-17-14(20(21,22)23)8-15(25-16(13)17)30-12-4-6-26(9-12)19(28)29-7-5-11-2-3-11/h8,10-12H,2-7,9H2,1H3,(H,24,27)/t12-/m0/s1. The van der Waals surface area contributed by atoms with Crippen molar-refractivity contribution in [1.82, 2.24) is 15.2 Å². The predicted molar refractivity (Wildman–Crippen MR) is 107 cm³/mol. The van der Waals surface area contributed by atoms with Crippen molar-refractivity contribution < 1.29 is 32.2 Å². The summed E-state index contributed by atoms with van der Waals surface area (Å²) in [7, 11) is 1.40. The first-order chi connectivity index (χ1) is 14.8. The second-order valence-corrected chi connectivity index (χ2v) is 8.61. The highest BCUT2D eigenvalue weighted by atomic mass is 32.1. The zero-order chi connectivity index (χ0) is 22.2. The van der Waals surface area contributed by atoms with Crippen molar-refractivity contribution in [2.45, 2.75) is 38.0 Å². The van der Waals surface area contributed by atoms with Crippen LogP contribution in [-0.2, 0) is 10.9 Å². The van der Waals surface area contributed by atoms with E-state index in [2.05, 4.69) is 10.3 Å². The maximum absolute atomic E-state index is 13.6. The van der Waals surface area contributed by atoms with Gasteiger partial charge in [-0.3, -0.25) is 4.79 Å². The van der Waals surface area contributed by atoms with Crippen LogP contribution < -0.4 is 10.1 Å². The Morgan fingerprint density at radius 1 is 1.32 bits per heavy atom. The Labute approximate surface area is 180 Å². The molecule has 168 valence electrons. The van der Waals surface area contributed by atoms with Gasteiger partial charge in [0, 0.05) is 31.5 Å². The van der Waals surface area contributed by atoms with Gasteiger partial charge in [-0.2, -0.15) is 13.2 Å². The fraction of sp³-hybridized carbons (Fsp3) is 0.550. The summed E-state index contributed by atoms with van der Waals surface area (Å²) in [4.78, 5) is 29.9. The topological polar surface area (TPSA) is 80.8 Å². The van der Waals surface area contributed by atoms with Gasteiger partial charge in [0.15, 0.2) is 0 Å². The highest BCUT2D eigenvalue weighted by molar-refractivity contribution is 7.17. The molecule has 0 unspecified atom stereocenters. The molecule has 1 saturated heterocycles. The molecule has 1 aliphatic heterocycles. The van der Waals surface area contributed by atoms with Crippen LogP contribution in [0.3, 0.4) is 0 Å². The first-order valence-electron chi connectivity index (χ1n) is 10.1. The van der Waals surface area contributed by atoms with Crippen LogP contribution in [0.1, 0.15) is 41.6 Å². The number of nitrogens with one attached hydrogen (secondary N) is 1. The van der Waals surface area contributed by atoms with E-state index in [1.54, 1.807) is 0 Å². The Balaban J connectivity index is 1.48. The van der Waals surface area contributed by atoms with Gasteiger partial charge in [0.05, 0.1) is 34.5 Å². The third-order valence-electron chi connectivity index (χ3n) is 5.42. The van der Waals surface area contributed by atoms with Gasteiger partial charge < -0.3 is 19.7 Å². The van der Waals surface area contributed by atoms with Gasteiger partial charge in [0.25, 0.3) is 5.91 Å². The van der Waals surface area contributed by atoms with Crippen molar-refractivity contribution in [2.75, 3.05) is 26.7 Å². The van der Waals surface area contributed by atoms with Gasteiger partial charge in [-0.25, -0.2) is 9.78 Å². The van der Waals surface area contributed by atoms with E-state index < -0.39 is 29.8 Å². The smallest absolute Gasteiger partial charge is 0.418 e. The molecule has 4 rings (SSSR count). The molecule has 0 aromatic carbocycles. The molecule has 0 bridgehead atoms. The first kappa shape index (κ1) is 21.7. The maximum atomic E-state index is 13.6. The summed E-state index contributed by atoms with van der Waals surface area (Å²) in [6.45, 7) is 0.970. The fourth-order valence-electron chi connectivity index (χ4n) is 3.52. The summed E-state index contributed by atoms with van der Waals surface area (Å²) in [5, 5.41) is 3.76. The van der Waals surface area contributed by atoms with E-state index >= 15 is 0 Å². The number of amides is 2. The number of hydrogen-bond acceptors (Lipinski definition) is 6. The molecule has 2 amide bonds. The average molecular weight is 457 g/mol. The van der Waals surface area contributed by atoms with Gasteiger partial charge in [-0.05, 0) is 12.3 Å². The molecule has 2 aromatic heterocycles. The zero-order valence-electron chi connectivity index (χ0n) is 16.8. The van der Waals surface area contributed by atoms with Gasteiger partial charge in [-0.15, -0.1) is 11.3 Å². The molecule has 0 spiro atoms. The van der Waals surface area contributed by atoms with Crippen LogP contribution in [0, 0.1) is 5.92 Å². The Hall–Kier alpha value is -2.56. The number of carbonyl (C=O) groups is 2. The number of halogens is 3. The summed E-state index contributed by atoms with van der Waals surface area (Å²) in [6, 6.07) is 0.850. The molecule has 1 atom stereocenters. The molecule has 0 radical (unpaired) electrons. The first-order valence-corrected chi connectivity index (χ1v) is 10.9. The molecule has 2 aliphatic rings. The van der Waals surface area contributed by atoms with Crippen LogP contribution in [0.5, 0.6) is 5.88 Å². The average Bonchev–Trinajstić information content (AvgIpc) is 3.26. The molecule has 1 aliphatic carbocycles. The highest BCUT2D eigenvalue weighted by Crippen LogP contribution is 2.40. The molecular weight excluding hydrogens is 435 g/mol. The summed E-state index contributed by atoms with van der Waals surface area (Å²) in [5.41, 5.74) is -0.892. The Bertz CT molecular complexity index is 990. The van der Waals surface area contributed by atoms with Gasteiger partial charge in [0.1, 0.15) is 6.10 Å². The Morgan fingerprint density at radius 3 is 2.77 bits per heavy atom. The van der Waals surface area contributed by atoms with E-state index in [1.165, 1.54) is 30.2 Å². The summed E-state index contributed by atoms with van der Waals surface area (Å²) in [5.74, 6) is -0.0922. The maximum Gasteiger partial charge on any atom is 0.418 e. The lowest BCUT2D eigenvalue weighted by Gasteiger charge is -2.17. The summed E-state index contributed by atoms with van der Waals surface area (Å²) < 4.78 is 51.7. The second kappa shape index (κ2) is 8.52. The number of ether oxygens (including phenoxy) is 2. The van der Waals surface area contributed by atoms with Gasteiger partial charge >= 0.3 is 12.3 Å². The Kier molecular flexibility index (Phi) is 5.96. The van der Waals surface area contributed by atoms with E-state index in [0.717, 1.165) is 23.8 Å². The third-order valence-corrected chi connectivity index (χ3v) is 6.42. The molecule has 7 nitrogen and oxygen atoms in total. The summed E-state index contributed by atoms with van der Waals surface area (Å²) >= 11 is 0.813. The number of likely N-dealkylation sites (tertiary alicyclic amines) is 1. The monoisotopic (exact) mass is 457 g/mol. The number of aromatic nitrogens is 1. The van der Waals surface area contributed by atoms with Crippen molar-refractivity contribution in [2.24, 2.45) is 5.92 Å². The molecular formula is C20H22F3N3O4S. The van der Waals surface area contributed by atoms with Gasteiger partial charge in [-0.1, -0.05) is 12.8 Å². The van der Waals surface area contributed by atoms with Crippen molar-refractivity contribution in [3.63, 3.8) is 0 Å². The van der Waals surface area contributed by atoms with Crippen LogP contribution in [0.4, 0.5) is 18.0 Å². The third kappa shape index (κ3) is 4.86. The number of fused-ring (bicyclic) bond motifs is 1. The minimum absolute atomic E-state index is 0.0523. The molecule has 1 saturated carbocycles. The van der Waals surface area contributed by atoms with Crippen molar-refractivity contribution in [3.8, 4) is 5.88 Å². The SMILES string of the molecule is CNC(=O)c1csc2c(C(F)(F)F)cc(O[C@H]3CCN(C(=O)OCCC4CC4)C3)nc12. The van der Waals surface area contributed by atoms with Crippen LogP contribution in [0.15, 0.2) is 11.4 Å². The normalized spacial score (nSPS) is 19.0. The van der Waals surface area contributed by atoms with E-state index in [9.17, 15) is 22.8 Å². The minimum Gasteiger partial charge on any atom is -0.472 e.